The zero-order chi connectivity index (χ0) is 23.4. The van der Waals surface area contributed by atoms with Crippen molar-refractivity contribution in [1.29, 1.82) is 0 Å². The van der Waals surface area contributed by atoms with Crippen LogP contribution in [0.4, 0.5) is 0 Å². The van der Waals surface area contributed by atoms with Gasteiger partial charge in [0.2, 0.25) is 5.91 Å². The van der Waals surface area contributed by atoms with Crippen molar-refractivity contribution in [1.82, 2.24) is 29.0 Å². The first-order chi connectivity index (χ1) is 15.9. The number of aromatic nitrogens is 5. The number of amides is 1. The smallest absolute Gasteiger partial charge is 0.331 e. The summed E-state index contributed by atoms with van der Waals surface area (Å²) in [4.78, 5) is 38.3. The van der Waals surface area contributed by atoms with Crippen LogP contribution in [0.25, 0.3) is 0 Å². The van der Waals surface area contributed by atoms with E-state index < -0.39 is 17.4 Å². The lowest BCUT2D eigenvalue weighted by Crippen LogP contribution is -2.45. The molecule has 0 saturated carbocycles. The molecule has 10 nitrogen and oxygen atoms in total. The van der Waals surface area contributed by atoms with E-state index in [-0.39, 0.29) is 18.5 Å². The number of likely N-dealkylation sites (tertiary alicyclic amines) is 1. The Labute approximate surface area is 190 Å². The van der Waals surface area contributed by atoms with E-state index in [1.165, 1.54) is 23.9 Å². The number of carbonyl (C=O) groups is 1. The topological polar surface area (TPSA) is 115 Å². The molecule has 1 N–H and O–H groups in total. The van der Waals surface area contributed by atoms with Crippen LogP contribution in [0.15, 0.2) is 58.4 Å². The van der Waals surface area contributed by atoms with Gasteiger partial charge in [-0.05, 0) is 24.8 Å². The summed E-state index contributed by atoms with van der Waals surface area (Å²) in [7, 11) is 1.39. The predicted molar refractivity (Wildman–Crippen MR) is 121 cm³/mol. The zero-order valence-corrected chi connectivity index (χ0v) is 18.6. The summed E-state index contributed by atoms with van der Waals surface area (Å²) >= 11 is 0. The molecule has 1 fully saturated rings. The summed E-state index contributed by atoms with van der Waals surface area (Å²) in [5.74, 6) is -0.181. The molecule has 0 bridgehead atoms. The highest BCUT2D eigenvalue weighted by molar-refractivity contribution is 5.76. The molecule has 174 valence electrons. The fourth-order valence-electron chi connectivity index (χ4n) is 4.16. The minimum Gasteiger partial charge on any atom is -0.392 e. The highest BCUT2D eigenvalue weighted by Gasteiger charge is 2.26. The molecule has 4 rings (SSSR count). The predicted octanol–water partition coefficient (Wildman–Crippen LogP) is 0.148. The van der Waals surface area contributed by atoms with Gasteiger partial charge in [-0.15, -0.1) is 5.10 Å². The highest BCUT2D eigenvalue weighted by atomic mass is 16.3. The lowest BCUT2D eigenvalue weighted by atomic mass is 10.0. The Balaban J connectivity index is 1.36. The zero-order valence-electron chi connectivity index (χ0n) is 18.6. The van der Waals surface area contributed by atoms with Gasteiger partial charge in [0.05, 0.1) is 17.8 Å². The van der Waals surface area contributed by atoms with E-state index in [1.54, 1.807) is 9.58 Å². The second kappa shape index (κ2) is 9.95. The van der Waals surface area contributed by atoms with Gasteiger partial charge in [-0.1, -0.05) is 35.5 Å². The molecule has 3 aromatic rings. The number of carbonyl (C=O) groups excluding carboxylic acids is 1. The number of hydrogen-bond donors (Lipinski definition) is 1. The normalized spacial score (nSPS) is 17.2. The summed E-state index contributed by atoms with van der Waals surface area (Å²) < 4.78 is 3.99. The molecule has 2 aromatic heterocycles. The first-order valence-corrected chi connectivity index (χ1v) is 11.1. The van der Waals surface area contributed by atoms with Gasteiger partial charge in [0, 0.05) is 45.0 Å². The number of hydrogen-bond acceptors (Lipinski definition) is 6. The Kier molecular flexibility index (Phi) is 6.83. The number of piperidine rings is 1. The molecule has 1 aromatic carbocycles. The summed E-state index contributed by atoms with van der Waals surface area (Å²) in [5, 5.41) is 18.9. The molecule has 1 aliphatic heterocycles. The average molecular weight is 453 g/mol. The number of nitrogens with zero attached hydrogens (tertiary/aromatic N) is 6. The van der Waals surface area contributed by atoms with Crippen molar-refractivity contribution in [2.45, 2.75) is 44.4 Å². The first-order valence-electron chi connectivity index (χ1n) is 11.1. The van der Waals surface area contributed by atoms with Gasteiger partial charge in [0.15, 0.2) is 0 Å². The van der Waals surface area contributed by atoms with Gasteiger partial charge in [0.1, 0.15) is 6.54 Å². The van der Waals surface area contributed by atoms with Gasteiger partial charge < -0.3 is 10.0 Å². The molecular formula is C23H28N6O4. The Hall–Kier alpha value is -3.53. The second-order valence-corrected chi connectivity index (χ2v) is 8.50. The Morgan fingerprint density at radius 2 is 1.97 bits per heavy atom. The molecule has 1 aliphatic rings. The van der Waals surface area contributed by atoms with Crippen molar-refractivity contribution in [3.8, 4) is 0 Å². The van der Waals surface area contributed by atoms with Crippen molar-refractivity contribution < 1.29 is 9.90 Å². The third-order valence-corrected chi connectivity index (χ3v) is 6.01. The van der Waals surface area contributed by atoms with Gasteiger partial charge in [-0.2, -0.15) is 0 Å². The van der Waals surface area contributed by atoms with Crippen LogP contribution in [-0.2, 0) is 31.2 Å². The Bertz CT molecular complexity index is 1220. The summed E-state index contributed by atoms with van der Waals surface area (Å²) in [6.45, 7) is 0.954. The first kappa shape index (κ1) is 22.7. The molecular weight excluding hydrogens is 424 g/mol. The van der Waals surface area contributed by atoms with E-state index in [0.29, 0.717) is 31.6 Å². The quantitative estimate of drug-likeness (QED) is 0.546. The molecule has 1 amide bonds. The van der Waals surface area contributed by atoms with Crippen LogP contribution < -0.4 is 11.2 Å². The number of aliphatic hydroxyl groups is 1. The maximum Gasteiger partial charge on any atom is 0.331 e. The SMILES string of the molecule is Cn1c(=O)ccn(CC(=O)N2CCCC(n3cc(CC(O)Cc4ccccc4)nn3)C2)c1=O. The van der Waals surface area contributed by atoms with Crippen molar-refractivity contribution >= 4 is 5.91 Å². The highest BCUT2D eigenvalue weighted by Crippen LogP contribution is 2.21. The van der Waals surface area contributed by atoms with Crippen LogP contribution in [0.1, 0.15) is 30.1 Å². The fraction of sp³-hybridized carbons (Fsp3) is 0.435. The van der Waals surface area contributed by atoms with Gasteiger partial charge in [-0.25, -0.2) is 9.48 Å². The number of rotatable bonds is 7. The molecule has 33 heavy (non-hydrogen) atoms. The van der Waals surface area contributed by atoms with E-state index >= 15 is 0 Å². The van der Waals surface area contributed by atoms with Gasteiger partial charge in [-0.3, -0.25) is 18.7 Å². The summed E-state index contributed by atoms with van der Waals surface area (Å²) in [5.41, 5.74) is 0.854. The second-order valence-electron chi connectivity index (χ2n) is 8.50. The molecule has 3 heterocycles. The molecule has 0 spiro atoms. The minimum absolute atomic E-state index is 0.0212. The lowest BCUT2D eigenvalue weighted by molar-refractivity contribution is -0.133. The van der Waals surface area contributed by atoms with Crippen LogP contribution >= 0.6 is 0 Å². The monoisotopic (exact) mass is 452 g/mol. The van der Waals surface area contributed by atoms with Crippen molar-refractivity contribution in [3.63, 3.8) is 0 Å². The third kappa shape index (κ3) is 5.46. The maximum absolute atomic E-state index is 12.8. The van der Waals surface area contributed by atoms with Crippen molar-refractivity contribution in [3.05, 3.63) is 80.9 Å². The van der Waals surface area contributed by atoms with Crippen LogP contribution in [0, 0.1) is 0 Å². The van der Waals surface area contributed by atoms with Crippen LogP contribution in [-0.4, -0.2) is 59.2 Å². The molecule has 2 atom stereocenters. The lowest BCUT2D eigenvalue weighted by Gasteiger charge is -2.32. The maximum atomic E-state index is 12.8. The van der Waals surface area contributed by atoms with Gasteiger partial charge >= 0.3 is 5.69 Å². The van der Waals surface area contributed by atoms with E-state index in [1.807, 2.05) is 36.5 Å². The fourth-order valence-corrected chi connectivity index (χ4v) is 4.16. The molecule has 2 unspecified atom stereocenters. The Morgan fingerprint density at radius 1 is 1.18 bits per heavy atom. The van der Waals surface area contributed by atoms with Crippen LogP contribution in [0.5, 0.6) is 0 Å². The van der Waals surface area contributed by atoms with E-state index in [9.17, 15) is 19.5 Å². The van der Waals surface area contributed by atoms with Crippen molar-refractivity contribution in [2.24, 2.45) is 7.05 Å². The molecule has 0 radical (unpaired) electrons. The molecule has 0 aliphatic carbocycles. The largest absolute Gasteiger partial charge is 0.392 e. The van der Waals surface area contributed by atoms with Crippen LogP contribution in [0.3, 0.4) is 0 Å². The average Bonchev–Trinajstić information content (AvgIpc) is 3.28. The van der Waals surface area contributed by atoms with Gasteiger partial charge in [0.25, 0.3) is 5.56 Å². The summed E-state index contributed by atoms with van der Waals surface area (Å²) in [6.07, 6.45) is 5.26. The number of aliphatic hydroxyl groups excluding tert-OH is 1. The third-order valence-electron chi connectivity index (χ3n) is 6.01. The minimum atomic E-state index is -0.554. The van der Waals surface area contributed by atoms with E-state index in [4.69, 9.17) is 0 Å². The Morgan fingerprint density at radius 3 is 2.76 bits per heavy atom. The van der Waals surface area contributed by atoms with E-state index in [0.717, 1.165) is 23.0 Å². The standard InChI is InChI=1S/C23H28N6O4/c1-26-21(31)9-11-28(23(26)33)16-22(32)27-10-5-8-19(15-27)29-14-18(24-25-29)13-20(30)12-17-6-3-2-4-7-17/h2-4,6-7,9,11,14,19-20,30H,5,8,10,12-13,15-16H2,1H3. The number of benzene rings is 1. The summed E-state index contributed by atoms with van der Waals surface area (Å²) in [6, 6.07) is 11.1. The van der Waals surface area contributed by atoms with E-state index in [2.05, 4.69) is 10.3 Å². The van der Waals surface area contributed by atoms with Crippen molar-refractivity contribution in [2.75, 3.05) is 13.1 Å². The van der Waals surface area contributed by atoms with Crippen LogP contribution in [0.2, 0.25) is 0 Å². The molecule has 1 saturated heterocycles. The molecule has 10 heteroatoms.